The SMILES string of the molecule is Cc1ccc(C)c(-n2c(=O)c3ccccc3n3c(SCC(=O)c4ccc(F)cc4)nnc23)c1. The Morgan fingerprint density at radius 1 is 1.00 bits per heavy atom. The smallest absolute Gasteiger partial charge is 0.267 e. The van der Waals surface area contributed by atoms with Crippen LogP contribution in [0.5, 0.6) is 0 Å². The van der Waals surface area contributed by atoms with Gasteiger partial charge in [0.25, 0.3) is 5.56 Å². The molecule has 0 aliphatic carbocycles. The molecule has 0 saturated heterocycles. The molecule has 0 aliphatic rings. The summed E-state index contributed by atoms with van der Waals surface area (Å²) >= 11 is 1.23. The molecule has 0 atom stereocenters. The summed E-state index contributed by atoms with van der Waals surface area (Å²) in [5, 5.41) is 9.66. The molecule has 2 heterocycles. The molecule has 0 N–H and O–H groups in total. The van der Waals surface area contributed by atoms with E-state index >= 15 is 0 Å². The molecule has 0 aliphatic heterocycles. The third-order valence-electron chi connectivity index (χ3n) is 5.50. The lowest BCUT2D eigenvalue weighted by atomic mass is 10.1. The zero-order valence-electron chi connectivity index (χ0n) is 17.9. The van der Waals surface area contributed by atoms with E-state index in [9.17, 15) is 14.0 Å². The molecule has 0 bridgehead atoms. The van der Waals surface area contributed by atoms with Crippen LogP contribution in [0.25, 0.3) is 22.4 Å². The predicted molar refractivity (Wildman–Crippen MR) is 127 cm³/mol. The Balaban J connectivity index is 1.66. The van der Waals surface area contributed by atoms with Crippen molar-refractivity contribution < 1.29 is 9.18 Å². The summed E-state index contributed by atoms with van der Waals surface area (Å²) in [7, 11) is 0. The quantitative estimate of drug-likeness (QED) is 0.280. The number of fused-ring (bicyclic) bond motifs is 3. The molecule has 0 radical (unpaired) electrons. The first-order chi connectivity index (χ1) is 15.9. The fraction of sp³-hybridized carbons (Fsp3) is 0.120. The number of para-hydroxylation sites is 1. The second-order valence-corrected chi connectivity index (χ2v) is 8.73. The van der Waals surface area contributed by atoms with Crippen molar-refractivity contribution in [1.29, 1.82) is 0 Å². The van der Waals surface area contributed by atoms with E-state index in [0.29, 0.717) is 27.4 Å². The van der Waals surface area contributed by atoms with Gasteiger partial charge in [0, 0.05) is 5.56 Å². The third-order valence-corrected chi connectivity index (χ3v) is 6.43. The van der Waals surface area contributed by atoms with Gasteiger partial charge in [0.2, 0.25) is 5.78 Å². The largest absolute Gasteiger partial charge is 0.293 e. The van der Waals surface area contributed by atoms with Crippen LogP contribution in [0.15, 0.2) is 76.7 Å². The maximum absolute atomic E-state index is 13.5. The average molecular weight is 459 g/mol. The maximum atomic E-state index is 13.5. The number of thioether (sulfide) groups is 1. The molecular weight excluding hydrogens is 439 g/mol. The van der Waals surface area contributed by atoms with E-state index in [2.05, 4.69) is 10.2 Å². The molecule has 8 heteroatoms. The summed E-state index contributed by atoms with van der Waals surface area (Å²) in [5.74, 6) is -0.0600. The van der Waals surface area contributed by atoms with Crippen LogP contribution in [-0.2, 0) is 0 Å². The molecule has 0 unspecified atom stereocenters. The van der Waals surface area contributed by atoms with Crippen LogP contribution < -0.4 is 5.56 Å². The number of aryl methyl sites for hydroxylation is 2. The van der Waals surface area contributed by atoms with Crippen LogP contribution in [-0.4, -0.2) is 30.7 Å². The first-order valence-corrected chi connectivity index (χ1v) is 11.3. The van der Waals surface area contributed by atoms with E-state index < -0.39 is 5.82 Å². The molecule has 5 rings (SSSR count). The summed E-state index contributed by atoms with van der Waals surface area (Å²) in [6.45, 7) is 3.92. The van der Waals surface area contributed by atoms with E-state index in [1.165, 1.54) is 36.0 Å². The van der Waals surface area contributed by atoms with E-state index in [0.717, 1.165) is 16.8 Å². The molecule has 33 heavy (non-hydrogen) atoms. The van der Waals surface area contributed by atoms with Crippen LogP contribution in [0, 0.1) is 19.7 Å². The van der Waals surface area contributed by atoms with Gasteiger partial charge in [-0.15, -0.1) is 10.2 Å². The second kappa shape index (κ2) is 8.29. The highest BCUT2D eigenvalue weighted by Crippen LogP contribution is 2.25. The Hall–Kier alpha value is -3.78. The van der Waals surface area contributed by atoms with Gasteiger partial charge in [-0.25, -0.2) is 8.96 Å². The number of carbonyl (C=O) groups excluding carboxylic acids is 1. The third kappa shape index (κ3) is 3.72. The molecule has 6 nitrogen and oxygen atoms in total. The first kappa shape index (κ1) is 21.1. The number of carbonyl (C=O) groups is 1. The number of Topliss-reactive ketones (excluding diaryl/α,β-unsaturated/α-hetero) is 1. The van der Waals surface area contributed by atoms with E-state index in [-0.39, 0.29) is 17.1 Å². The van der Waals surface area contributed by atoms with Gasteiger partial charge in [-0.05, 0) is 67.4 Å². The average Bonchev–Trinajstić information content (AvgIpc) is 3.24. The first-order valence-electron chi connectivity index (χ1n) is 10.3. The monoisotopic (exact) mass is 458 g/mol. The molecule has 0 spiro atoms. The minimum absolute atomic E-state index is 0.101. The van der Waals surface area contributed by atoms with Gasteiger partial charge in [-0.2, -0.15) is 0 Å². The molecule has 0 amide bonds. The number of halogens is 1. The molecule has 2 aromatic heterocycles. The van der Waals surface area contributed by atoms with Crippen molar-refractivity contribution in [2.45, 2.75) is 19.0 Å². The summed E-state index contributed by atoms with van der Waals surface area (Å²) in [5.41, 5.74) is 3.60. The van der Waals surface area contributed by atoms with Gasteiger partial charge in [-0.3, -0.25) is 14.0 Å². The van der Waals surface area contributed by atoms with Gasteiger partial charge in [-0.1, -0.05) is 36.0 Å². The Kier molecular flexibility index (Phi) is 5.30. The lowest BCUT2D eigenvalue weighted by Gasteiger charge is -2.14. The van der Waals surface area contributed by atoms with Crippen molar-refractivity contribution in [2.24, 2.45) is 0 Å². The van der Waals surface area contributed by atoms with Gasteiger partial charge < -0.3 is 0 Å². The fourth-order valence-electron chi connectivity index (χ4n) is 3.80. The number of aromatic nitrogens is 4. The summed E-state index contributed by atoms with van der Waals surface area (Å²) in [4.78, 5) is 26.1. The fourth-order valence-corrected chi connectivity index (χ4v) is 4.63. The summed E-state index contributed by atoms with van der Waals surface area (Å²) in [6.07, 6.45) is 0. The van der Waals surface area contributed by atoms with Gasteiger partial charge in [0.05, 0.1) is 22.3 Å². The number of benzene rings is 3. The Morgan fingerprint density at radius 2 is 1.76 bits per heavy atom. The minimum Gasteiger partial charge on any atom is -0.293 e. The number of hydrogen-bond donors (Lipinski definition) is 0. The van der Waals surface area contributed by atoms with E-state index in [4.69, 9.17) is 0 Å². The zero-order chi connectivity index (χ0) is 23.1. The predicted octanol–water partition coefficient (Wildman–Crippen LogP) is 4.76. The van der Waals surface area contributed by atoms with E-state index in [1.54, 1.807) is 15.0 Å². The highest BCUT2D eigenvalue weighted by atomic mass is 32.2. The molecule has 3 aromatic carbocycles. The number of hydrogen-bond acceptors (Lipinski definition) is 5. The molecule has 0 fully saturated rings. The molecule has 0 saturated carbocycles. The molecular formula is C25H19FN4O2S. The minimum atomic E-state index is -0.390. The molecule has 164 valence electrons. The van der Waals surface area contributed by atoms with Crippen molar-refractivity contribution in [1.82, 2.24) is 19.2 Å². The number of ketones is 1. The number of nitrogens with zero attached hydrogens (tertiary/aromatic N) is 4. The van der Waals surface area contributed by atoms with E-state index in [1.807, 2.05) is 50.2 Å². The summed E-state index contributed by atoms with van der Waals surface area (Å²) in [6, 6.07) is 18.7. The van der Waals surface area contributed by atoms with Crippen LogP contribution in [0.3, 0.4) is 0 Å². The lowest BCUT2D eigenvalue weighted by molar-refractivity contribution is 0.102. The molecule has 5 aromatic rings. The van der Waals surface area contributed by atoms with Crippen molar-refractivity contribution in [3.05, 3.63) is 99.6 Å². The topological polar surface area (TPSA) is 69.3 Å². The van der Waals surface area contributed by atoms with Crippen LogP contribution in [0.2, 0.25) is 0 Å². The zero-order valence-corrected chi connectivity index (χ0v) is 18.8. The maximum Gasteiger partial charge on any atom is 0.267 e. The highest BCUT2D eigenvalue weighted by molar-refractivity contribution is 7.99. The lowest BCUT2D eigenvalue weighted by Crippen LogP contribution is -2.22. The van der Waals surface area contributed by atoms with Crippen LogP contribution in [0.1, 0.15) is 21.5 Å². The van der Waals surface area contributed by atoms with Crippen molar-refractivity contribution in [3.8, 4) is 5.69 Å². The Bertz CT molecular complexity index is 1590. The second-order valence-electron chi connectivity index (χ2n) is 7.78. The Morgan fingerprint density at radius 3 is 2.55 bits per heavy atom. The van der Waals surface area contributed by atoms with Gasteiger partial charge >= 0.3 is 0 Å². The van der Waals surface area contributed by atoms with Gasteiger partial charge in [0.15, 0.2) is 10.9 Å². The highest BCUT2D eigenvalue weighted by Gasteiger charge is 2.19. The summed E-state index contributed by atoms with van der Waals surface area (Å²) < 4.78 is 16.6. The van der Waals surface area contributed by atoms with Crippen molar-refractivity contribution >= 4 is 34.2 Å². The Labute approximate surface area is 192 Å². The van der Waals surface area contributed by atoms with Crippen LogP contribution >= 0.6 is 11.8 Å². The van der Waals surface area contributed by atoms with Crippen LogP contribution in [0.4, 0.5) is 4.39 Å². The van der Waals surface area contributed by atoms with Crippen molar-refractivity contribution in [3.63, 3.8) is 0 Å². The normalized spacial score (nSPS) is 11.4. The standard InChI is InChI=1S/C25H19FN4O2S/c1-15-7-8-16(2)21(13-15)29-23(32)19-5-3-4-6-20(19)30-24(29)27-28-25(30)33-14-22(31)17-9-11-18(26)12-10-17/h3-13H,14H2,1-2H3. The van der Waals surface area contributed by atoms with Gasteiger partial charge in [0.1, 0.15) is 5.82 Å². The van der Waals surface area contributed by atoms with Crippen molar-refractivity contribution in [2.75, 3.05) is 5.75 Å². The number of rotatable bonds is 5.